The number of amides is 1. The van der Waals surface area contributed by atoms with Crippen molar-refractivity contribution in [2.24, 2.45) is 5.10 Å². The van der Waals surface area contributed by atoms with E-state index in [1.807, 2.05) is 31.2 Å². The Kier molecular flexibility index (Phi) is 5.07. The highest BCUT2D eigenvalue weighted by atomic mass is 16.6. The topological polar surface area (TPSA) is 94.3 Å². The molecule has 3 rings (SSSR count). The molecule has 0 saturated carbocycles. The van der Waals surface area contributed by atoms with Crippen LogP contribution in [-0.4, -0.2) is 28.3 Å². The van der Waals surface area contributed by atoms with Crippen molar-refractivity contribution in [2.45, 2.75) is 27.0 Å². The van der Waals surface area contributed by atoms with E-state index in [1.165, 1.54) is 24.1 Å². The van der Waals surface area contributed by atoms with Crippen LogP contribution in [0.3, 0.4) is 0 Å². The van der Waals surface area contributed by atoms with Gasteiger partial charge in [0.1, 0.15) is 0 Å². The fourth-order valence-electron chi connectivity index (χ4n) is 2.65. The molecule has 0 N–H and O–H groups in total. The Hall–Kier alpha value is -3.42. The Morgan fingerprint density at radius 3 is 2.52 bits per heavy atom. The van der Waals surface area contributed by atoms with E-state index in [0.29, 0.717) is 0 Å². The fraction of sp³-hybridized carbons (Fsp3) is 0.263. The van der Waals surface area contributed by atoms with Gasteiger partial charge in [-0.2, -0.15) is 5.01 Å². The van der Waals surface area contributed by atoms with Crippen molar-refractivity contribution in [2.75, 3.05) is 6.61 Å². The van der Waals surface area contributed by atoms with Crippen LogP contribution in [0, 0.1) is 24.0 Å². The first-order valence-corrected chi connectivity index (χ1v) is 8.33. The minimum atomic E-state index is -0.685. The normalized spacial score (nSPS) is 15.9. The lowest BCUT2D eigenvalue weighted by Crippen LogP contribution is -2.25. The van der Waals surface area contributed by atoms with Crippen LogP contribution in [0.25, 0.3) is 0 Å². The Labute approximate surface area is 156 Å². The number of carbonyl (C=O) groups excluding carboxylic acids is 1. The molecule has 8 nitrogen and oxygen atoms in total. The van der Waals surface area contributed by atoms with Crippen LogP contribution in [0.2, 0.25) is 0 Å². The number of ether oxygens (including phenoxy) is 2. The van der Waals surface area contributed by atoms with Crippen LogP contribution in [0.1, 0.15) is 29.8 Å². The third-order valence-electron chi connectivity index (χ3n) is 4.04. The zero-order valence-corrected chi connectivity index (χ0v) is 15.2. The Bertz CT molecular complexity index is 908. The second kappa shape index (κ2) is 7.45. The second-order valence-electron chi connectivity index (χ2n) is 6.26. The molecule has 0 spiro atoms. The van der Waals surface area contributed by atoms with E-state index in [2.05, 4.69) is 5.10 Å². The molecule has 2 aromatic rings. The predicted molar refractivity (Wildman–Crippen MR) is 98.3 cm³/mol. The number of nitro benzene ring substituents is 1. The SMILES string of the molecule is CC(=O)N1N=C(COc2ccc(C)cc2[N+](=O)[O-])O[C@H]1c1ccc(C)cc1. The molecule has 0 unspecified atom stereocenters. The number of hydrogen-bond donors (Lipinski definition) is 0. The number of nitro groups is 1. The average Bonchev–Trinajstić information content (AvgIpc) is 3.06. The van der Waals surface area contributed by atoms with Crippen molar-refractivity contribution in [3.05, 3.63) is 69.3 Å². The largest absolute Gasteiger partial charge is 0.477 e. The first-order valence-electron chi connectivity index (χ1n) is 8.33. The molecule has 0 radical (unpaired) electrons. The molecular formula is C19H19N3O5. The van der Waals surface area contributed by atoms with Crippen molar-refractivity contribution >= 4 is 17.5 Å². The van der Waals surface area contributed by atoms with Gasteiger partial charge in [0.2, 0.25) is 18.0 Å². The van der Waals surface area contributed by atoms with E-state index >= 15 is 0 Å². The second-order valence-corrected chi connectivity index (χ2v) is 6.26. The molecule has 27 heavy (non-hydrogen) atoms. The monoisotopic (exact) mass is 369 g/mol. The molecular weight excluding hydrogens is 350 g/mol. The zero-order chi connectivity index (χ0) is 19.6. The number of nitrogens with zero attached hydrogens (tertiary/aromatic N) is 3. The quantitative estimate of drug-likeness (QED) is 0.594. The van der Waals surface area contributed by atoms with E-state index in [-0.39, 0.29) is 29.8 Å². The molecule has 1 amide bonds. The summed E-state index contributed by atoms with van der Waals surface area (Å²) in [6, 6.07) is 12.2. The van der Waals surface area contributed by atoms with Crippen LogP contribution in [0.5, 0.6) is 5.75 Å². The van der Waals surface area contributed by atoms with Crippen molar-refractivity contribution in [1.29, 1.82) is 0 Å². The van der Waals surface area contributed by atoms with Crippen LogP contribution in [-0.2, 0) is 9.53 Å². The van der Waals surface area contributed by atoms with Crippen LogP contribution < -0.4 is 4.74 Å². The minimum absolute atomic E-state index is 0.116. The lowest BCUT2D eigenvalue weighted by Gasteiger charge is -2.19. The number of carbonyl (C=O) groups is 1. The van der Waals surface area contributed by atoms with Gasteiger partial charge in [-0.3, -0.25) is 14.9 Å². The molecule has 1 aliphatic heterocycles. The van der Waals surface area contributed by atoms with Crippen molar-refractivity contribution in [1.82, 2.24) is 5.01 Å². The maximum absolute atomic E-state index is 11.9. The van der Waals surface area contributed by atoms with Gasteiger partial charge in [-0.05, 0) is 25.5 Å². The lowest BCUT2D eigenvalue weighted by atomic mass is 10.1. The minimum Gasteiger partial charge on any atom is -0.477 e. The molecule has 0 saturated heterocycles. The fourth-order valence-corrected chi connectivity index (χ4v) is 2.65. The van der Waals surface area contributed by atoms with E-state index in [4.69, 9.17) is 9.47 Å². The van der Waals surface area contributed by atoms with E-state index in [9.17, 15) is 14.9 Å². The zero-order valence-electron chi connectivity index (χ0n) is 15.2. The first-order chi connectivity index (χ1) is 12.8. The Morgan fingerprint density at radius 2 is 1.89 bits per heavy atom. The van der Waals surface area contributed by atoms with E-state index in [1.54, 1.807) is 13.0 Å². The van der Waals surface area contributed by atoms with Crippen LogP contribution in [0.15, 0.2) is 47.6 Å². The molecule has 0 fully saturated rings. The summed E-state index contributed by atoms with van der Waals surface area (Å²) in [6.07, 6.45) is -0.685. The summed E-state index contributed by atoms with van der Waals surface area (Å²) in [5.41, 5.74) is 2.48. The molecule has 0 aliphatic carbocycles. The summed E-state index contributed by atoms with van der Waals surface area (Å²) in [7, 11) is 0. The number of hydrazone groups is 1. The highest BCUT2D eigenvalue weighted by Crippen LogP contribution is 2.30. The number of benzene rings is 2. The number of rotatable bonds is 5. The van der Waals surface area contributed by atoms with Gasteiger partial charge in [0.25, 0.3) is 0 Å². The average molecular weight is 369 g/mol. The summed E-state index contributed by atoms with van der Waals surface area (Å²) in [4.78, 5) is 22.6. The Morgan fingerprint density at radius 1 is 1.22 bits per heavy atom. The molecule has 1 aliphatic rings. The maximum Gasteiger partial charge on any atom is 0.311 e. The van der Waals surface area contributed by atoms with Gasteiger partial charge in [0.05, 0.1) is 4.92 Å². The van der Waals surface area contributed by atoms with Gasteiger partial charge in [-0.1, -0.05) is 35.9 Å². The number of aryl methyl sites for hydroxylation is 2. The molecule has 0 aromatic heterocycles. The highest BCUT2D eigenvalue weighted by Gasteiger charge is 2.32. The van der Waals surface area contributed by atoms with E-state index in [0.717, 1.165) is 16.7 Å². The predicted octanol–water partition coefficient (Wildman–Crippen LogP) is 3.48. The van der Waals surface area contributed by atoms with Gasteiger partial charge in [0.15, 0.2) is 12.4 Å². The smallest absolute Gasteiger partial charge is 0.311 e. The van der Waals surface area contributed by atoms with Gasteiger partial charge in [0, 0.05) is 18.6 Å². The van der Waals surface area contributed by atoms with Crippen molar-refractivity contribution in [3.63, 3.8) is 0 Å². The molecule has 1 atom stereocenters. The summed E-state index contributed by atoms with van der Waals surface area (Å²) < 4.78 is 11.3. The first kappa shape index (κ1) is 18.4. The molecule has 0 bridgehead atoms. The third kappa shape index (κ3) is 4.05. The number of hydrogen-bond acceptors (Lipinski definition) is 6. The molecule has 8 heteroatoms. The lowest BCUT2D eigenvalue weighted by molar-refractivity contribution is -0.385. The summed E-state index contributed by atoms with van der Waals surface area (Å²) >= 11 is 0. The summed E-state index contributed by atoms with van der Waals surface area (Å²) in [6.45, 7) is 4.99. The van der Waals surface area contributed by atoms with Crippen molar-refractivity contribution < 1.29 is 19.2 Å². The summed E-state index contributed by atoms with van der Waals surface area (Å²) in [5.74, 6) is 0.00704. The van der Waals surface area contributed by atoms with Gasteiger partial charge >= 0.3 is 5.69 Å². The maximum atomic E-state index is 11.9. The Balaban J connectivity index is 1.76. The van der Waals surface area contributed by atoms with Gasteiger partial charge < -0.3 is 9.47 Å². The summed E-state index contributed by atoms with van der Waals surface area (Å²) in [5, 5.41) is 16.6. The highest BCUT2D eigenvalue weighted by molar-refractivity contribution is 5.83. The third-order valence-corrected chi connectivity index (χ3v) is 4.04. The van der Waals surface area contributed by atoms with Crippen LogP contribution in [0.4, 0.5) is 5.69 Å². The van der Waals surface area contributed by atoms with E-state index < -0.39 is 11.2 Å². The van der Waals surface area contributed by atoms with Crippen molar-refractivity contribution in [3.8, 4) is 5.75 Å². The molecule has 1 heterocycles. The van der Waals surface area contributed by atoms with Gasteiger partial charge in [-0.25, -0.2) is 0 Å². The molecule has 2 aromatic carbocycles. The molecule has 140 valence electrons. The van der Waals surface area contributed by atoms with Crippen LogP contribution >= 0.6 is 0 Å². The standard InChI is InChI=1S/C19H19N3O5/c1-12-4-7-15(8-5-12)19-21(14(3)23)20-18(27-19)11-26-17-9-6-13(2)10-16(17)22(24)25/h4-10,19H,11H2,1-3H3/t19-/m0/s1. The van der Waals surface area contributed by atoms with Gasteiger partial charge in [-0.15, -0.1) is 5.10 Å².